The molecular formula is C9H16N6O4. The van der Waals surface area contributed by atoms with Crippen LogP contribution in [0.4, 0.5) is 17.3 Å². The Morgan fingerprint density at radius 3 is 2.84 bits per heavy atom. The van der Waals surface area contributed by atoms with Gasteiger partial charge in [-0.1, -0.05) is 0 Å². The minimum absolute atomic E-state index is 0.0825. The minimum Gasteiger partial charge on any atom is -0.395 e. The molecule has 0 aliphatic rings. The van der Waals surface area contributed by atoms with E-state index in [0.717, 1.165) is 6.33 Å². The van der Waals surface area contributed by atoms with Gasteiger partial charge < -0.3 is 20.2 Å². The van der Waals surface area contributed by atoms with Crippen molar-refractivity contribution in [2.24, 2.45) is 5.84 Å². The second-order valence-corrected chi connectivity index (χ2v) is 3.50. The molecule has 0 unspecified atom stereocenters. The molecule has 0 radical (unpaired) electrons. The zero-order valence-electron chi connectivity index (χ0n) is 10.4. The molecule has 1 aromatic heterocycles. The van der Waals surface area contributed by atoms with Crippen LogP contribution in [-0.2, 0) is 4.74 Å². The largest absolute Gasteiger partial charge is 0.395 e. The molecule has 0 saturated heterocycles. The number of nitrogen functional groups attached to an aromatic ring is 1. The number of ether oxygens (including phenoxy) is 1. The number of nitrogens with zero attached hydrogens (tertiary/aromatic N) is 4. The van der Waals surface area contributed by atoms with Gasteiger partial charge in [-0.3, -0.25) is 10.1 Å². The lowest BCUT2D eigenvalue weighted by molar-refractivity contribution is -0.383. The maximum absolute atomic E-state index is 11.1. The Labute approximate surface area is 109 Å². The number of rotatable bonds is 8. The molecule has 106 valence electrons. The molecule has 0 fully saturated rings. The smallest absolute Gasteiger partial charge is 0.354 e. The minimum atomic E-state index is -0.623. The number of hydrogen-bond donors (Lipinski definition) is 3. The monoisotopic (exact) mass is 272 g/mol. The quantitative estimate of drug-likeness (QED) is 0.312. The summed E-state index contributed by atoms with van der Waals surface area (Å²) < 4.78 is 4.92. The van der Waals surface area contributed by atoms with Gasteiger partial charge in [-0.15, -0.1) is 0 Å². The summed E-state index contributed by atoms with van der Waals surface area (Å²) in [5, 5.41) is 20.1. The van der Waals surface area contributed by atoms with Gasteiger partial charge in [0.25, 0.3) is 0 Å². The third kappa shape index (κ3) is 3.71. The normalized spacial score (nSPS) is 10.3. The fourth-order valence-electron chi connectivity index (χ4n) is 1.52. The Morgan fingerprint density at radius 1 is 1.58 bits per heavy atom. The predicted molar refractivity (Wildman–Crippen MR) is 67.7 cm³/mol. The van der Waals surface area contributed by atoms with Crippen molar-refractivity contribution >= 4 is 17.3 Å². The molecule has 10 heteroatoms. The molecule has 0 bridgehead atoms. The molecule has 0 atom stereocenters. The van der Waals surface area contributed by atoms with E-state index < -0.39 is 4.92 Å². The van der Waals surface area contributed by atoms with Gasteiger partial charge in [-0.25, -0.2) is 15.8 Å². The van der Waals surface area contributed by atoms with Crippen LogP contribution in [0.15, 0.2) is 6.33 Å². The molecule has 0 saturated carbocycles. The van der Waals surface area contributed by atoms with E-state index in [4.69, 9.17) is 15.7 Å². The van der Waals surface area contributed by atoms with Crippen molar-refractivity contribution in [3.05, 3.63) is 16.4 Å². The van der Waals surface area contributed by atoms with Crippen molar-refractivity contribution in [1.82, 2.24) is 9.97 Å². The standard InChI is InChI=1S/C9H16N6O4/c1-19-5-3-14(2-4-16)9-7(15(17)18)8(13-10)11-6-12-9/h6,16H,2-5,10H2,1H3,(H,11,12,13). The average Bonchev–Trinajstić information content (AvgIpc) is 2.42. The summed E-state index contributed by atoms with van der Waals surface area (Å²) in [5.74, 6) is 5.19. The van der Waals surface area contributed by atoms with Gasteiger partial charge in [0.1, 0.15) is 6.33 Å². The van der Waals surface area contributed by atoms with E-state index in [2.05, 4.69) is 15.4 Å². The van der Waals surface area contributed by atoms with Crippen molar-refractivity contribution in [1.29, 1.82) is 0 Å². The summed E-state index contributed by atoms with van der Waals surface area (Å²) >= 11 is 0. The van der Waals surface area contributed by atoms with E-state index in [1.807, 2.05) is 0 Å². The first-order chi connectivity index (χ1) is 9.15. The van der Waals surface area contributed by atoms with E-state index >= 15 is 0 Å². The first kappa shape index (κ1) is 15.0. The Morgan fingerprint density at radius 2 is 2.32 bits per heavy atom. The number of aromatic nitrogens is 2. The maximum Gasteiger partial charge on any atom is 0.354 e. The summed E-state index contributed by atoms with van der Waals surface area (Å²) in [7, 11) is 1.51. The molecule has 10 nitrogen and oxygen atoms in total. The molecular weight excluding hydrogens is 256 g/mol. The van der Waals surface area contributed by atoms with Gasteiger partial charge in [-0.05, 0) is 0 Å². The molecule has 4 N–H and O–H groups in total. The van der Waals surface area contributed by atoms with Crippen molar-refractivity contribution in [3.8, 4) is 0 Å². The molecule has 0 amide bonds. The lowest BCUT2D eigenvalue weighted by Crippen LogP contribution is -2.32. The molecule has 0 aromatic carbocycles. The zero-order chi connectivity index (χ0) is 14.3. The summed E-state index contributed by atoms with van der Waals surface area (Å²) in [6.45, 7) is 0.701. The predicted octanol–water partition coefficient (Wildman–Crippen LogP) is -0.884. The first-order valence-electron chi connectivity index (χ1n) is 5.46. The SMILES string of the molecule is COCCN(CCO)c1ncnc(NN)c1[N+](=O)[O-]. The Bertz CT molecular complexity index is 429. The third-order valence-electron chi connectivity index (χ3n) is 2.36. The number of hydrazine groups is 1. The van der Waals surface area contributed by atoms with Crippen molar-refractivity contribution < 1.29 is 14.8 Å². The molecule has 19 heavy (non-hydrogen) atoms. The van der Waals surface area contributed by atoms with Gasteiger partial charge in [0.2, 0.25) is 11.6 Å². The lowest BCUT2D eigenvalue weighted by atomic mass is 10.3. The van der Waals surface area contributed by atoms with Crippen molar-refractivity contribution in [2.45, 2.75) is 0 Å². The van der Waals surface area contributed by atoms with Gasteiger partial charge in [0.05, 0.1) is 18.1 Å². The fourth-order valence-corrected chi connectivity index (χ4v) is 1.52. The number of nitrogens with one attached hydrogen (secondary N) is 1. The molecule has 1 rings (SSSR count). The van der Waals surface area contributed by atoms with Crippen LogP contribution >= 0.6 is 0 Å². The second-order valence-electron chi connectivity index (χ2n) is 3.50. The van der Waals surface area contributed by atoms with Crippen LogP contribution in [0.2, 0.25) is 0 Å². The van der Waals surface area contributed by atoms with Crippen LogP contribution < -0.4 is 16.2 Å². The summed E-state index contributed by atoms with van der Waals surface area (Å²) in [4.78, 5) is 19.6. The van der Waals surface area contributed by atoms with Gasteiger partial charge in [0, 0.05) is 20.2 Å². The topological polar surface area (TPSA) is 140 Å². The van der Waals surface area contributed by atoms with E-state index in [9.17, 15) is 10.1 Å². The number of anilines is 2. The number of nitro groups is 1. The highest BCUT2D eigenvalue weighted by molar-refractivity contribution is 5.69. The van der Waals surface area contributed by atoms with Crippen molar-refractivity contribution in [3.63, 3.8) is 0 Å². The summed E-state index contributed by atoms with van der Waals surface area (Å²) in [6, 6.07) is 0. The van der Waals surface area contributed by atoms with Crippen molar-refractivity contribution in [2.75, 3.05) is 43.7 Å². The van der Waals surface area contributed by atoms with E-state index in [-0.39, 0.29) is 30.5 Å². The summed E-state index contributed by atoms with van der Waals surface area (Å²) in [5.41, 5.74) is 1.82. The molecule has 1 heterocycles. The summed E-state index contributed by atoms with van der Waals surface area (Å²) in [6.07, 6.45) is 1.16. The second kappa shape index (κ2) is 7.41. The lowest BCUT2D eigenvalue weighted by Gasteiger charge is -2.22. The van der Waals surface area contributed by atoms with Crippen LogP contribution in [-0.4, -0.2) is 53.4 Å². The van der Waals surface area contributed by atoms with E-state index in [1.54, 1.807) is 0 Å². The number of hydrogen-bond acceptors (Lipinski definition) is 9. The molecule has 0 aliphatic carbocycles. The number of methoxy groups -OCH3 is 1. The van der Waals surface area contributed by atoms with Crippen LogP contribution in [0.3, 0.4) is 0 Å². The number of nitrogens with two attached hydrogens (primary N) is 1. The number of aliphatic hydroxyl groups excluding tert-OH is 1. The number of aliphatic hydroxyl groups is 1. The van der Waals surface area contributed by atoms with E-state index in [1.165, 1.54) is 12.0 Å². The fraction of sp³-hybridized carbons (Fsp3) is 0.556. The van der Waals surface area contributed by atoms with Crippen LogP contribution in [0.5, 0.6) is 0 Å². The van der Waals surface area contributed by atoms with Gasteiger partial charge in [-0.2, -0.15) is 0 Å². The molecule has 1 aromatic rings. The van der Waals surface area contributed by atoms with Crippen LogP contribution in [0.25, 0.3) is 0 Å². The first-order valence-corrected chi connectivity index (χ1v) is 5.46. The molecule has 0 spiro atoms. The van der Waals surface area contributed by atoms with Crippen LogP contribution in [0, 0.1) is 10.1 Å². The Kier molecular flexibility index (Phi) is 5.85. The third-order valence-corrected chi connectivity index (χ3v) is 2.36. The highest BCUT2D eigenvalue weighted by Gasteiger charge is 2.26. The van der Waals surface area contributed by atoms with Gasteiger partial charge >= 0.3 is 5.69 Å². The molecule has 0 aliphatic heterocycles. The van der Waals surface area contributed by atoms with Crippen LogP contribution in [0.1, 0.15) is 0 Å². The maximum atomic E-state index is 11.1. The van der Waals surface area contributed by atoms with Gasteiger partial charge in [0.15, 0.2) is 0 Å². The highest BCUT2D eigenvalue weighted by Crippen LogP contribution is 2.30. The average molecular weight is 272 g/mol. The zero-order valence-corrected chi connectivity index (χ0v) is 10.4. The highest BCUT2D eigenvalue weighted by atomic mass is 16.6. The Hall–Kier alpha value is -2.04. The Balaban J connectivity index is 3.16. The van der Waals surface area contributed by atoms with E-state index in [0.29, 0.717) is 13.2 Å².